The largest absolute Gasteiger partial charge is 0.507 e. The van der Waals surface area contributed by atoms with Gasteiger partial charge in [-0.05, 0) is 44.2 Å². The third kappa shape index (κ3) is 3.31. The van der Waals surface area contributed by atoms with Crippen molar-refractivity contribution in [1.29, 1.82) is 0 Å². The maximum atomic E-state index is 15.2. The van der Waals surface area contributed by atoms with Gasteiger partial charge in [0.05, 0.1) is 30.3 Å². The Bertz CT molecular complexity index is 1120. The van der Waals surface area contributed by atoms with E-state index >= 15 is 4.39 Å². The third-order valence-corrected chi connectivity index (χ3v) is 6.92. The highest BCUT2D eigenvalue weighted by atomic mass is 19.1. The normalized spacial score (nSPS) is 26.9. The molecule has 2 unspecified atom stereocenters. The number of alkyl halides is 1. The molecule has 2 bridgehead atoms. The van der Waals surface area contributed by atoms with Crippen molar-refractivity contribution < 1.29 is 13.9 Å². The van der Waals surface area contributed by atoms with Gasteiger partial charge >= 0.3 is 0 Å². The van der Waals surface area contributed by atoms with Gasteiger partial charge in [-0.1, -0.05) is 0 Å². The first-order valence-corrected chi connectivity index (χ1v) is 11.1. The zero-order chi connectivity index (χ0) is 21.8. The van der Waals surface area contributed by atoms with Crippen molar-refractivity contribution in [2.75, 3.05) is 4.90 Å². The van der Waals surface area contributed by atoms with Crippen LogP contribution >= 0.6 is 0 Å². The lowest BCUT2D eigenvalue weighted by atomic mass is 9.96. The number of nitrogens with zero attached hydrogens (tertiary/aromatic N) is 4. The van der Waals surface area contributed by atoms with Crippen LogP contribution in [0.3, 0.4) is 0 Å². The van der Waals surface area contributed by atoms with Crippen molar-refractivity contribution in [1.82, 2.24) is 25.5 Å². The zero-order valence-electron chi connectivity index (χ0n) is 17.4. The number of hydrogen-bond donors (Lipinski definition) is 3. The number of anilines is 1. The van der Waals surface area contributed by atoms with Crippen LogP contribution in [0.2, 0.25) is 0 Å². The van der Waals surface area contributed by atoms with Crippen LogP contribution in [0.4, 0.5) is 14.6 Å². The second kappa shape index (κ2) is 7.51. The number of nitrogens with one attached hydrogen (secondary N) is 2. The Balaban J connectivity index is 1.30. The van der Waals surface area contributed by atoms with E-state index < -0.39 is 12.0 Å². The molecule has 1 saturated carbocycles. The maximum Gasteiger partial charge on any atom is 0.147 e. The molecule has 1 aromatic carbocycles. The Labute approximate surface area is 183 Å². The van der Waals surface area contributed by atoms with Crippen molar-refractivity contribution in [2.24, 2.45) is 0 Å². The van der Waals surface area contributed by atoms with E-state index in [0.29, 0.717) is 23.1 Å². The highest BCUT2D eigenvalue weighted by molar-refractivity contribution is 5.74. The predicted octanol–water partition coefficient (Wildman–Crippen LogP) is 3.58. The van der Waals surface area contributed by atoms with Crippen molar-refractivity contribution in [3.63, 3.8) is 0 Å². The third-order valence-electron chi connectivity index (χ3n) is 6.92. The number of phenols is 1. The molecular weight excluding hydrogens is 414 g/mol. The Kier molecular flexibility index (Phi) is 4.60. The number of fused-ring (bicyclic) bond motifs is 2. The fourth-order valence-corrected chi connectivity index (χ4v) is 5.20. The van der Waals surface area contributed by atoms with E-state index in [1.165, 1.54) is 24.5 Å². The molecule has 4 atom stereocenters. The molecule has 4 heterocycles. The lowest BCUT2D eigenvalue weighted by molar-refractivity contribution is 0.171. The van der Waals surface area contributed by atoms with Gasteiger partial charge in [0.2, 0.25) is 0 Å². The highest BCUT2D eigenvalue weighted by Gasteiger charge is 2.48. The van der Waals surface area contributed by atoms with Crippen LogP contribution in [-0.2, 0) is 0 Å². The Hall–Kier alpha value is -3.07. The van der Waals surface area contributed by atoms with Crippen molar-refractivity contribution in [2.45, 2.75) is 62.4 Å². The van der Waals surface area contributed by atoms with Gasteiger partial charge in [-0.15, -0.1) is 0 Å². The molecular formula is C23H24F2N6O. The van der Waals surface area contributed by atoms with Crippen molar-refractivity contribution in [3.05, 3.63) is 42.7 Å². The second-order valence-electron chi connectivity index (χ2n) is 9.03. The molecule has 2 saturated heterocycles. The van der Waals surface area contributed by atoms with Gasteiger partial charge in [-0.2, -0.15) is 5.10 Å². The minimum atomic E-state index is -0.940. The molecule has 0 amide bonds. The van der Waals surface area contributed by atoms with E-state index in [4.69, 9.17) is 0 Å². The summed E-state index contributed by atoms with van der Waals surface area (Å²) in [7, 11) is 0. The van der Waals surface area contributed by atoms with E-state index in [1.807, 2.05) is 0 Å². The number of aromatic nitrogens is 4. The quantitative estimate of drug-likeness (QED) is 0.564. The number of aromatic hydroxyl groups is 1. The summed E-state index contributed by atoms with van der Waals surface area (Å²) in [5.41, 5.74) is 1.42. The summed E-state index contributed by atoms with van der Waals surface area (Å²) in [4.78, 5) is 11.1. The summed E-state index contributed by atoms with van der Waals surface area (Å²) < 4.78 is 29.9. The van der Waals surface area contributed by atoms with Crippen LogP contribution < -0.4 is 10.2 Å². The first kappa shape index (κ1) is 19.6. The zero-order valence-corrected chi connectivity index (χ0v) is 17.4. The summed E-state index contributed by atoms with van der Waals surface area (Å²) in [6.45, 7) is 0. The average molecular weight is 438 g/mol. The van der Waals surface area contributed by atoms with Crippen LogP contribution in [0, 0.1) is 5.82 Å². The van der Waals surface area contributed by atoms with Gasteiger partial charge in [-0.25, -0.2) is 13.8 Å². The number of phenolic OH excluding ortho intramolecular Hbond substituents is 1. The molecule has 32 heavy (non-hydrogen) atoms. The number of H-pyrrole nitrogens is 1. The number of aromatic amines is 1. The summed E-state index contributed by atoms with van der Waals surface area (Å²) in [6, 6.07) is 2.97. The predicted molar refractivity (Wildman–Crippen MR) is 115 cm³/mol. The molecule has 3 aromatic rings. The van der Waals surface area contributed by atoms with Crippen molar-refractivity contribution in [3.8, 4) is 28.1 Å². The summed E-state index contributed by atoms with van der Waals surface area (Å²) in [5, 5.41) is 20.4. The maximum absolute atomic E-state index is 15.2. The van der Waals surface area contributed by atoms with Gasteiger partial charge in [0.15, 0.2) is 0 Å². The average Bonchev–Trinajstić information content (AvgIpc) is 3.32. The molecule has 9 heteroatoms. The lowest BCUT2D eigenvalue weighted by Gasteiger charge is -2.41. The molecule has 1 aliphatic carbocycles. The van der Waals surface area contributed by atoms with E-state index in [2.05, 4.69) is 30.4 Å². The van der Waals surface area contributed by atoms with Crippen LogP contribution in [0.1, 0.15) is 32.1 Å². The number of hydrogen-bond acceptors (Lipinski definition) is 6. The van der Waals surface area contributed by atoms with E-state index in [9.17, 15) is 9.50 Å². The topological polar surface area (TPSA) is 90.0 Å². The highest BCUT2D eigenvalue weighted by Crippen LogP contribution is 2.40. The number of piperidine rings is 1. The summed E-state index contributed by atoms with van der Waals surface area (Å²) >= 11 is 0. The van der Waals surface area contributed by atoms with Gasteiger partial charge in [0, 0.05) is 41.0 Å². The first-order chi connectivity index (χ1) is 15.6. The molecule has 2 aliphatic heterocycles. The Morgan fingerprint density at radius 2 is 1.91 bits per heavy atom. The summed E-state index contributed by atoms with van der Waals surface area (Å²) in [5.74, 6) is 0.0535. The lowest BCUT2D eigenvalue weighted by Crippen LogP contribution is -2.57. The minimum absolute atomic E-state index is 0.0825. The number of halogens is 2. The van der Waals surface area contributed by atoms with Crippen LogP contribution in [0.5, 0.6) is 5.75 Å². The molecule has 166 valence electrons. The number of rotatable bonds is 5. The van der Waals surface area contributed by atoms with Gasteiger partial charge < -0.3 is 15.3 Å². The Morgan fingerprint density at radius 1 is 1.03 bits per heavy atom. The standard InChI is InChI=1S/C23H24F2N6O/c24-17-6-16(21(32)7-15(17)12-8-28-29-9-12)19-10-27-22(11-26-19)31(14-2-3-14)20-5-13-1-4-18(30-13)23(20)25/h6-11,13-14,18,20,23,30,32H,1-5H2,(H,28,29)/t13?,18?,20-,23+/m1/s1. The fourth-order valence-electron chi connectivity index (χ4n) is 5.20. The summed E-state index contributed by atoms with van der Waals surface area (Å²) in [6.07, 6.45) is 9.96. The minimum Gasteiger partial charge on any atom is -0.507 e. The molecule has 0 radical (unpaired) electrons. The van der Waals surface area contributed by atoms with Crippen molar-refractivity contribution >= 4 is 5.82 Å². The molecule has 2 aromatic heterocycles. The van der Waals surface area contributed by atoms with Gasteiger partial charge in [-0.3, -0.25) is 10.1 Å². The van der Waals surface area contributed by atoms with Crippen LogP contribution in [-0.4, -0.2) is 55.6 Å². The Morgan fingerprint density at radius 3 is 2.62 bits per heavy atom. The van der Waals surface area contributed by atoms with E-state index in [-0.39, 0.29) is 35.0 Å². The molecule has 3 fully saturated rings. The SMILES string of the molecule is Oc1cc(-c2cn[nH]c2)c(F)cc1-c1cnc(N(C2CC2)[C@@H]2CC3CCC(N3)[C@@H]2F)cn1. The molecule has 6 rings (SSSR count). The van der Waals surface area contributed by atoms with Gasteiger partial charge in [0.25, 0.3) is 0 Å². The smallest absolute Gasteiger partial charge is 0.147 e. The van der Waals surface area contributed by atoms with E-state index in [0.717, 1.165) is 32.1 Å². The van der Waals surface area contributed by atoms with Gasteiger partial charge in [0.1, 0.15) is 23.6 Å². The van der Waals surface area contributed by atoms with E-state index in [1.54, 1.807) is 12.4 Å². The first-order valence-electron chi connectivity index (χ1n) is 11.1. The molecule has 3 aliphatic rings. The number of benzene rings is 1. The molecule has 0 spiro atoms. The molecule has 7 nitrogen and oxygen atoms in total. The second-order valence-corrected chi connectivity index (χ2v) is 9.03. The van der Waals surface area contributed by atoms with Crippen LogP contribution in [0.25, 0.3) is 22.4 Å². The molecule has 3 N–H and O–H groups in total. The van der Waals surface area contributed by atoms with Crippen LogP contribution in [0.15, 0.2) is 36.9 Å². The monoisotopic (exact) mass is 438 g/mol. The fraction of sp³-hybridized carbons (Fsp3) is 0.435.